The summed E-state index contributed by atoms with van der Waals surface area (Å²) in [6.45, 7) is 6.49. The molecule has 130 valence electrons. The Balaban J connectivity index is 2.54. The molecule has 1 aromatic carbocycles. The summed E-state index contributed by atoms with van der Waals surface area (Å²) in [4.78, 5) is 11.9. The molecule has 1 unspecified atom stereocenters. The van der Waals surface area contributed by atoms with Crippen LogP contribution in [0.15, 0.2) is 18.2 Å². The van der Waals surface area contributed by atoms with Gasteiger partial charge < -0.3 is 20.5 Å². The number of hydrogen-bond acceptors (Lipinski definition) is 3. The van der Waals surface area contributed by atoms with Crippen molar-refractivity contribution in [2.24, 2.45) is 5.41 Å². The Morgan fingerprint density at radius 3 is 2.65 bits per heavy atom. The molecular formula is C17H27FN2O3. The summed E-state index contributed by atoms with van der Waals surface area (Å²) in [5, 5.41) is 14.8. The van der Waals surface area contributed by atoms with Crippen molar-refractivity contribution < 1.29 is 19.0 Å². The van der Waals surface area contributed by atoms with Crippen LogP contribution in [0.2, 0.25) is 0 Å². The number of amides is 2. The van der Waals surface area contributed by atoms with Gasteiger partial charge in [-0.3, -0.25) is 0 Å². The third-order valence-corrected chi connectivity index (χ3v) is 3.28. The van der Waals surface area contributed by atoms with E-state index in [0.717, 1.165) is 5.56 Å². The number of halogens is 1. The second-order valence-corrected chi connectivity index (χ2v) is 6.83. The molecule has 0 heterocycles. The third kappa shape index (κ3) is 7.43. The number of methoxy groups -OCH3 is 1. The molecule has 0 aliphatic carbocycles. The maximum Gasteiger partial charge on any atom is 0.315 e. The Labute approximate surface area is 137 Å². The molecule has 0 spiro atoms. The van der Waals surface area contributed by atoms with Crippen LogP contribution in [-0.4, -0.2) is 30.9 Å². The first-order valence-electron chi connectivity index (χ1n) is 7.66. The second kappa shape index (κ2) is 8.84. The molecule has 0 aromatic heterocycles. The van der Waals surface area contributed by atoms with Crippen LogP contribution in [0.3, 0.4) is 0 Å². The lowest BCUT2D eigenvalue weighted by Gasteiger charge is -2.25. The molecule has 2 amide bonds. The van der Waals surface area contributed by atoms with Gasteiger partial charge in [-0.2, -0.15) is 0 Å². The number of nitrogens with one attached hydrogen (secondary N) is 2. The summed E-state index contributed by atoms with van der Waals surface area (Å²) in [6, 6.07) is 3.99. The van der Waals surface area contributed by atoms with Gasteiger partial charge in [-0.15, -0.1) is 0 Å². The van der Waals surface area contributed by atoms with E-state index in [1.807, 2.05) is 20.8 Å². The van der Waals surface area contributed by atoms with Gasteiger partial charge in [-0.25, -0.2) is 9.18 Å². The van der Waals surface area contributed by atoms with Crippen molar-refractivity contribution in [1.82, 2.24) is 10.6 Å². The quantitative estimate of drug-likeness (QED) is 0.721. The maximum atomic E-state index is 13.5. The minimum atomic E-state index is -0.356. The highest BCUT2D eigenvalue weighted by molar-refractivity contribution is 5.74. The van der Waals surface area contributed by atoms with E-state index in [9.17, 15) is 14.3 Å². The summed E-state index contributed by atoms with van der Waals surface area (Å²) in [5.74, 6) is -0.328. The van der Waals surface area contributed by atoms with E-state index < -0.39 is 0 Å². The summed E-state index contributed by atoms with van der Waals surface area (Å²) in [6.07, 6.45) is 0.672. The van der Waals surface area contributed by atoms with Gasteiger partial charge in [0.1, 0.15) is 5.82 Å². The zero-order chi connectivity index (χ0) is 17.5. The SMILES string of the molecule is COCc1cc(CNC(=O)NC(CO)CC(C)(C)C)ccc1F. The predicted molar refractivity (Wildman–Crippen MR) is 87.4 cm³/mol. The molecule has 0 aliphatic heterocycles. The van der Waals surface area contributed by atoms with E-state index in [2.05, 4.69) is 10.6 Å². The average Bonchev–Trinajstić information content (AvgIpc) is 2.46. The predicted octanol–water partition coefficient (Wildman–Crippen LogP) is 2.57. The smallest absolute Gasteiger partial charge is 0.315 e. The fourth-order valence-corrected chi connectivity index (χ4v) is 2.32. The van der Waals surface area contributed by atoms with Crippen LogP contribution in [0, 0.1) is 11.2 Å². The molecule has 0 aliphatic rings. The van der Waals surface area contributed by atoms with Crippen LogP contribution >= 0.6 is 0 Å². The first kappa shape index (κ1) is 19.4. The number of benzene rings is 1. The lowest BCUT2D eigenvalue weighted by Crippen LogP contribution is -2.45. The van der Waals surface area contributed by atoms with Crippen LogP contribution in [0.5, 0.6) is 0 Å². The second-order valence-electron chi connectivity index (χ2n) is 6.83. The fraction of sp³-hybridized carbons (Fsp3) is 0.588. The van der Waals surface area contributed by atoms with Crippen molar-refractivity contribution in [1.29, 1.82) is 0 Å². The highest BCUT2D eigenvalue weighted by Gasteiger charge is 2.19. The number of aliphatic hydroxyl groups is 1. The van der Waals surface area contributed by atoms with Crippen molar-refractivity contribution in [3.05, 3.63) is 35.1 Å². The molecular weight excluding hydrogens is 299 g/mol. The Kier molecular flexibility index (Phi) is 7.45. The Morgan fingerprint density at radius 2 is 2.09 bits per heavy atom. The maximum absolute atomic E-state index is 13.5. The first-order chi connectivity index (χ1) is 10.7. The number of rotatable bonds is 7. The normalized spacial score (nSPS) is 12.8. The van der Waals surface area contributed by atoms with Gasteiger partial charge >= 0.3 is 6.03 Å². The van der Waals surface area contributed by atoms with Gasteiger partial charge in [-0.05, 0) is 29.5 Å². The summed E-state index contributed by atoms with van der Waals surface area (Å²) >= 11 is 0. The van der Waals surface area contributed by atoms with Gasteiger partial charge in [0.25, 0.3) is 0 Å². The van der Waals surface area contributed by atoms with E-state index in [-0.39, 0.29) is 43.1 Å². The monoisotopic (exact) mass is 326 g/mol. The van der Waals surface area contributed by atoms with Crippen molar-refractivity contribution in [2.75, 3.05) is 13.7 Å². The van der Waals surface area contributed by atoms with Crippen LogP contribution in [0.25, 0.3) is 0 Å². The van der Waals surface area contributed by atoms with Crippen molar-refractivity contribution in [3.8, 4) is 0 Å². The largest absolute Gasteiger partial charge is 0.394 e. The highest BCUT2D eigenvalue weighted by Crippen LogP contribution is 2.20. The van der Waals surface area contributed by atoms with E-state index in [0.29, 0.717) is 12.0 Å². The van der Waals surface area contributed by atoms with Crippen molar-refractivity contribution in [3.63, 3.8) is 0 Å². The van der Waals surface area contributed by atoms with Gasteiger partial charge in [0.2, 0.25) is 0 Å². The van der Waals surface area contributed by atoms with Gasteiger partial charge in [0.05, 0.1) is 19.3 Å². The lowest BCUT2D eigenvalue weighted by atomic mass is 9.88. The van der Waals surface area contributed by atoms with E-state index in [1.54, 1.807) is 12.1 Å². The highest BCUT2D eigenvalue weighted by atomic mass is 19.1. The molecule has 0 saturated carbocycles. The standard InChI is InChI=1S/C17H27FN2O3/c1-17(2,3)8-14(10-21)20-16(22)19-9-12-5-6-15(18)13(7-12)11-23-4/h5-7,14,21H,8-11H2,1-4H3,(H2,19,20,22). The molecule has 1 atom stereocenters. The molecule has 0 radical (unpaired) electrons. The zero-order valence-corrected chi connectivity index (χ0v) is 14.3. The van der Waals surface area contributed by atoms with Gasteiger partial charge in [-0.1, -0.05) is 26.8 Å². The molecule has 1 aromatic rings. The minimum absolute atomic E-state index is 0.00663. The van der Waals surface area contributed by atoms with E-state index >= 15 is 0 Å². The Morgan fingerprint density at radius 1 is 1.39 bits per heavy atom. The lowest BCUT2D eigenvalue weighted by molar-refractivity contribution is 0.181. The van der Waals surface area contributed by atoms with Crippen LogP contribution in [0.1, 0.15) is 38.3 Å². The molecule has 5 nitrogen and oxygen atoms in total. The molecule has 0 fully saturated rings. The topological polar surface area (TPSA) is 70.6 Å². The Hall–Kier alpha value is -1.66. The minimum Gasteiger partial charge on any atom is -0.394 e. The van der Waals surface area contributed by atoms with Crippen LogP contribution in [0.4, 0.5) is 9.18 Å². The van der Waals surface area contributed by atoms with Crippen molar-refractivity contribution in [2.45, 2.75) is 46.4 Å². The molecule has 0 saturated heterocycles. The number of carbonyl (C=O) groups excluding carboxylic acids is 1. The average molecular weight is 326 g/mol. The van der Waals surface area contributed by atoms with Gasteiger partial charge in [0.15, 0.2) is 0 Å². The molecule has 3 N–H and O–H groups in total. The van der Waals surface area contributed by atoms with Crippen LogP contribution in [-0.2, 0) is 17.9 Å². The van der Waals surface area contributed by atoms with Gasteiger partial charge in [0, 0.05) is 19.2 Å². The fourth-order valence-electron chi connectivity index (χ4n) is 2.32. The number of aliphatic hydroxyl groups excluding tert-OH is 1. The van der Waals surface area contributed by atoms with Crippen molar-refractivity contribution >= 4 is 6.03 Å². The van der Waals surface area contributed by atoms with Crippen LogP contribution < -0.4 is 10.6 Å². The van der Waals surface area contributed by atoms with E-state index in [4.69, 9.17) is 4.74 Å². The number of urea groups is 1. The summed E-state index contributed by atoms with van der Waals surface area (Å²) < 4.78 is 18.5. The molecule has 6 heteroatoms. The number of ether oxygens (including phenoxy) is 1. The molecule has 1 rings (SSSR count). The third-order valence-electron chi connectivity index (χ3n) is 3.28. The first-order valence-corrected chi connectivity index (χ1v) is 7.66. The zero-order valence-electron chi connectivity index (χ0n) is 14.3. The summed E-state index contributed by atoms with van der Waals surface area (Å²) in [5.41, 5.74) is 1.24. The summed E-state index contributed by atoms with van der Waals surface area (Å²) in [7, 11) is 1.50. The molecule has 23 heavy (non-hydrogen) atoms. The number of hydrogen-bond donors (Lipinski definition) is 3. The Bertz CT molecular complexity index is 515. The van der Waals surface area contributed by atoms with E-state index in [1.165, 1.54) is 13.2 Å². The number of carbonyl (C=O) groups is 1. The molecule has 0 bridgehead atoms.